The van der Waals surface area contributed by atoms with Crippen LogP contribution in [0.2, 0.25) is 0 Å². The predicted molar refractivity (Wildman–Crippen MR) is 73.9 cm³/mol. The van der Waals surface area contributed by atoms with Crippen LogP contribution in [-0.4, -0.2) is 19.8 Å². The van der Waals surface area contributed by atoms with Gasteiger partial charge in [0, 0.05) is 11.4 Å². The molecule has 0 amide bonds. The third-order valence-electron chi connectivity index (χ3n) is 2.49. The molecule has 1 unspecified atom stereocenters. The summed E-state index contributed by atoms with van der Waals surface area (Å²) < 4.78 is 26.6. The van der Waals surface area contributed by atoms with Crippen LogP contribution in [0.4, 0.5) is 0 Å². The van der Waals surface area contributed by atoms with Gasteiger partial charge in [0.15, 0.2) is 0 Å². The lowest BCUT2D eigenvalue weighted by molar-refractivity contribution is 0.563. The van der Waals surface area contributed by atoms with Gasteiger partial charge >= 0.3 is 0 Å². The van der Waals surface area contributed by atoms with Crippen LogP contribution in [0.5, 0.6) is 0 Å². The summed E-state index contributed by atoms with van der Waals surface area (Å²) in [6, 6.07) is 6.90. The number of hydrogen-bond acceptors (Lipinski definition) is 2. The summed E-state index contributed by atoms with van der Waals surface area (Å²) in [6.45, 7) is 6.36. The normalized spacial score (nSPS) is 13.9. The van der Waals surface area contributed by atoms with Crippen LogP contribution in [0.25, 0.3) is 0 Å². The molecule has 0 aliphatic heterocycles. The van der Waals surface area contributed by atoms with Crippen LogP contribution in [-0.2, 0) is 10.0 Å². The van der Waals surface area contributed by atoms with E-state index in [2.05, 4.69) is 20.7 Å². The van der Waals surface area contributed by atoms with Gasteiger partial charge in [-0.25, -0.2) is 13.1 Å². The van der Waals surface area contributed by atoms with Gasteiger partial charge in [-0.1, -0.05) is 41.9 Å². The van der Waals surface area contributed by atoms with Gasteiger partial charge in [-0.05, 0) is 30.5 Å². The summed E-state index contributed by atoms with van der Waals surface area (Å²) in [7, 11) is -3.39. The first-order chi connectivity index (χ1) is 7.83. The van der Waals surface area contributed by atoms with E-state index in [4.69, 9.17) is 0 Å². The minimum Gasteiger partial charge on any atom is -0.210 e. The number of halogens is 1. The molecule has 0 aliphatic carbocycles. The van der Waals surface area contributed by atoms with Gasteiger partial charge in [0.1, 0.15) is 0 Å². The molecule has 1 rings (SSSR count). The van der Waals surface area contributed by atoms with E-state index in [1.807, 2.05) is 26.8 Å². The summed E-state index contributed by atoms with van der Waals surface area (Å²) in [6.07, 6.45) is 0. The second-order valence-electron chi connectivity index (χ2n) is 4.43. The zero-order chi connectivity index (χ0) is 13.1. The van der Waals surface area contributed by atoms with Crippen molar-refractivity contribution in [2.24, 2.45) is 5.92 Å². The first-order valence-corrected chi connectivity index (χ1v) is 7.93. The van der Waals surface area contributed by atoms with Gasteiger partial charge in [0.25, 0.3) is 0 Å². The molecular formula is C12H18BrNO2S. The lowest BCUT2D eigenvalue weighted by Gasteiger charge is -2.14. The van der Waals surface area contributed by atoms with Crippen molar-refractivity contribution >= 4 is 26.0 Å². The Bertz CT molecular complexity index is 471. The monoisotopic (exact) mass is 319 g/mol. The zero-order valence-corrected chi connectivity index (χ0v) is 12.7. The molecule has 3 nitrogen and oxygen atoms in total. The zero-order valence-electron chi connectivity index (χ0n) is 10.3. The highest BCUT2D eigenvalue weighted by Crippen LogP contribution is 2.14. The van der Waals surface area contributed by atoms with Crippen molar-refractivity contribution in [3.05, 3.63) is 29.8 Å². The average Bonchev–Trinajstić information content (AvgIpc) is 2.26. The Morgan fingerprint density at radius 1 is 1.35 bits per heavy atom. The summed E-state index contributed by atoms with van der Waals surface area (Å²) >= 11 is 3.45. The van der Waals surface area contributed by atoms with Gasteiger partial charge in [0.05, 0.1) is 4.90 Å². The summed E-state index contributed by atoms with van der Waals surface area (Å²) in [5.74, 6) is 0.384. The van der Waals surface area contributed by atoms with Crippen molar-refractivity contribution in [1.82, 2.24) is 4.72 Å². The van der Waals surface area contributed by atoms with E-state index >= 15 is 0 Å². The second kappa shape index (κ2) is 5.98. The lowest BCUT2D eigenvalue weighted by atomic mass is 10.1. The molecular weight excluding hydrogens is 302 g/mol. The Morgan fingerprint density at radius 2 is 2.00 bits per heavy atom. The summed E-state index contributed by atoms with van der Waals surface area (Å²) in [4.78, 5) is 0.461. The van der Waals surface area contributed by atoms with Crippen LogP contribution < -0.4 is 4.72 Å². The Balaban J connectivity index is 2.76. The van der Waals surface area contributed by atoms with Crippen LogP contribution in [0.1, 0.15) is 19.4 Å². The van der Waals surface area contributed by atoms with Crippen molar-refractivity contribution in [3.8, 4) is 0 Å². The van der Waals surface area contributed by atoms with E-state index in [1.54, 1.807) is 18.2 Å². The van der Waals surface area contributed by atoms with E-state index in [-0.39, 0.29) is 4.83 Å². The van der Waals surface area contributed by atoms with Crippen molar-refractivity contribution < 1.29 is 8.42 Å². The molecule has 0 aliphatic rings. The fourth-order valence-corrected chi connectivity index (χ4v) is 2.83. The molecule has 0 radical (unpaired) electrons. The number of rotatable bonds is 5. The molecule has 5 heteroatoms. The third kappa shape index (κ3) is 4.41. The summed E-state index contributed by atoms with van der Waals surface area (Å²) in [5, 5.41) is 0. The molecule has 0 fully saturated rings. The molecule has 1 N–H and O–H groups in total. The Morgan fingerprint density at radius 3 is 2.53 bits per heavy atom. The Hall–Kier alpha value is -0.390. The van der Waals surface area contributed by atoms with Crippen LogP contribution in [0, 0.1) is 12.8 Å². The van der Waals surface area contributed by atoms with Crippen molar-refractivity contribution in [2.75, 3.05) is 6.54 Å². The van der Waals surface area contributed by atoms with E-state index in [9.17, 15) is 8.42 Å². The smallest absolute Gasteiger partial charge is 0.210 e. The second-order valence-corrected chi connectivity index (χ2v) is 7.37. The number of nitrogens with one attached hydrogen (secondary N) is 1. The van der Waals surface area contributed by atoms with Crippen molar-refractivity contribution in [1.29, 1.82) is 0 Å². The number of aryl methyl sites for hydroxylation is 1. The molecule has 96 valence electrons. The van der Waals surface area contributed by atoms with Crippen LogP contribution in [0.3, 0.4) is 0 Å². The number of hydrogen-bond donors (Lipinski definition) is 1. The highest BCUT2D eigenvalue weighted by atomic mass is 79.9. The molecule has 17 heavy (non-hydrogen) atoms. The van der Waals surface area contributed by atoms with Crippen molar-refractivity contribution in [3.63, 3.8) is 0 Å². The third-order valence-corrected chi connectivity index (χ3v) is 5.29. The van der Waals surface area contributed by atoms with Gasteiger partial charge in [-0.3, -0.25) is 0 Å². The van der Waals surface area contributed by atoms with Crippen molar-refractivity contribution in [2.45, 2.75) is 30.5 Å². The quantitative estimate of drug-likeness (QED) is 0.848. The molecule has 1 aromatic carbocycles. The molecule has 0 saturated heterocycles. The fourth-order valence-electron chi connectivity index (χ4n) is 1.29. The Kier molecular flexibility index (Phi) is 5.16. The lowest BCUT2D eigenvalue weighted by Crippen LogP contribution is -2.31. The number of alkyl halides is 1. The maximum absolute atomic E-state index is 12.0. The maximum atomic E-state index is 12.0. The first-order valence-electron chi connectivity index (χ1n) is 5.53. The molecule has 0 aromatic heterocycles. The topological polar surface area (TPSA) is 46.2 Å². The van der Waals surface area contributed by atoms with E-state index in [0.717, 1.165) is 5.56 Å². The van der Waals surface area contributed by atoms with E-state index in [1.165, 1.54) is 0 Å². The van der Waals surface area contributed by atoms with E-state index in [0.29, 0.717) is 17.4 Å². The molecule has 1 atom stereocenters. The molecule has 0 bridgehead atoms. The maximum Gasteiger partial charge on any atom is 0.240 e. The molecule has 0 heterocycles. The highest BCUT2D eigenvalue weighted by molar-refractivity contribution is 9.09. The van der Waals surface area contributed by atoms with E-state index < -0.39 is 10.0 Å². The fraction of sp³-hybridized carbons (Fsp3) is 0.500. The Labute approximate surface area is 112 Å². The predicted octanol–water partition coefficient (Wildman–Crippen LogP) is 2.69. The van der Waals surface area contributed by atoms with Gasteiger partial charge in [-0.15, -0.1) is 0 Å². The van der Waals surface area contributed by atoms with Gasteiger partial charge < -0.3 is 0 Å². The first kappa shape index (κ1) is 14.7. The summed E-state index contributed by atoms with van der Waals surface area (Å²) in [5.41, 5.74) is 0.937. The molecule has 0 spiro atoms. The highest BCUT2D eigenvalue weighted by Gasteiger charge is 2.17. The largest absolute Gasteiger partial charge is 0.240 e. The minimum atomic E-state index is -3.39. The van der Waals surface area contributed by atoms with Gasteiger partial charge in [0.2, 0.25) is 10.0 Å². The van der Waals surface area contributed by atoms with Gasteiger partial charge in [-0.2, -0.15) is 0 Å². The molecule has 0 saturated carbocycles. The van der Waals surface area contributed by atoms with Crippen LogP contribution in [0.15, 0.2) is 29.2 Å². The SMILES string of the molecule is Cc1cccc(S(=O)(=O)NCC(Br)C(C)C)c1. The van der Waals surface area contributed by atoms with Crippen LogP contribution >= 0.6 is 15.9 Å². The standard InChI is InChI=1S/C12H18BrNO2S/c1-9(2)12(13)8-14-17(15,16)11-6-4-5-10(3)7-11/h4-7,9,12,14H,8H2,1-3H3. The molecule has 1 aromatic rings. The average molecular weight is 320 g/mol. The number of benzene rings is 1. The number of sulfonamides is 1. The minimum absolute atomic E-state index is 0.141.